The molecular weight excluding hydrogens is 242 g/mol. The second kappa shape index (κ2) is 6.15. The molecule has 5 heteroatoms. The van der Waals surface area contributed by atoms with Crippen molar-refractivity contribution in [1.82, 2.24) is 15.1 Å². The van der Waals surface area contributed by atoms with Crippen LogP contribution in [0.2, 0.25) is 0 Å². The van der Waals surface area contributed by atoms with Crippen molar-refractivity contribution in [2.45, 2.75) is 19.4 Å². The van der Waals surface area contributed by atoms with Gasteiger partial charge in [-0.2, -0.15) is 5.10 Å². The first-order valence-electron chi connectivity index (χ1n) is 6.26. The number of rotatable bonds is 5. The third kappa shape index (κ3) is 3.20. The summed E-state index contributed by atoms with van der Waals surface area (Å²) in [6.45, 7) is 1.85. The van der Waals surface area contributed by atoms with E-state index in [1.165, 1.54) is 6.20 Å². The molecule has 0 fully saturated rings. The van der Waals surface area contributed by atoms with E-state index in [2.05, 4.69) is 10.4 Å². The fourth-order valence-electron chi connectivity index (χ4n) is 1.71. The lowest BCUT2D eigenvalue weighted by molar-refractivity contribution is 0.0915. The van der Waals surface area contributed by atoms with Crippen molar-refractivity contribution in [2.75, 3.05) is 6.61 Å². The Morgan fingerprint density at radius 3 is 2.79 bits per heavy atom. The predicted molar refractivity (Wildman–Crippen MR) is 72.2 cm³/mol. The zero-order valence-corrected chi connectivity index (χ0v) is 10.8. The maximum Gasteiger partial charge on any atom is 0.254 e. The Morgan fingerprint density at radius 2 is 2.16 bits per heavy atom. The smallest absolute Gasteiger partial charge is 0.254 e. The average molecular weight is 259 g/mol. The van der Waals surface area contributed by atoms with Crippen LogP contribution in [0.1, 0.15) is 23.7 Å². The van der Waals surface area contributed by atoms with E-state index in [0.717, 1.165) is 5.69 Å². The molecule has 1 atom stereocenters. The lowest BCUT2D eigenvalue weighted by atomic mass is 10.2. The molecule has 2 N–H and O–H groups in total. The minimum Gasteiger partial charge on any atom is -0.394 e. The van der Waals surface area contributed by atoms with Crippen LogP contribution in [-0.2, 0) is 0 Å². The van der Waals surface area contributed by atoms with Crippen LogP contribution in [0.5, 0.6) is 0 Å². The van der Waals surface area contributed by atoms with Gasteiger partial charge in [0.25, 0.3) is 5.91 Å². The van der Waals surface area contributed by atoms with Crippen molar-refractivity contribution in [3.63, 3.8) is 0 Å². The summed E-state index contributed by atoms with van der Waals surface area (Å²) in [5.74, 6) is -0.219. The van der Waals surface area contributed by atoms with Gasteiger partial charge in [0.05, 0.1) is 30.1 Å². The summed E-state index contributed by atoms with van der Waals surface area (Å²) < 4.78 is 1.65. The number of aromatic nitrogens is 2. The molecule has 0 saturated heterocycles. The Hall–Kier alpha value is -2.14. The molecule has 1 amide bonds. The molecule has 1 heterocycles. The van der Waals surface area contributed by atoms with E-state index in [-0.39, 0.29) is 18.6 Å². The van der Waals surface area contributed by atoms with Crippen molar-refractivity contribution in [2.24, 2.45) is 0 Å². The van der Waals surface area contributed by atoms with Gasteiger partial charge in [-0.1, -0.05) is 25.1 Å². The van der Waals surface area contributed by atoms with E-state index in [0.29, 0.717) is 12.0 Å². The van der Waals surface area contributed by atoms with Crippen molar-refractivity contribution in [3.05, 3.63) is 48.3 Å². The lowest BCUT2D eigenvalue weighted by Crippen LogP contribution is -2.36. The largest absolute Gasteiger partial charge is 0.394 e. The predicted octanol–water partition coefficient (Wildman–Crippen LogP) is 1.37. The van der Waals surface area contributed by atoms with Crippen LogP contribution in [0.4, 0.5) is 0 Å². The zero-order valence-electron chi connectivity index (χ0n) is 10.8. The minimum atomic E-state index is -0.219. The molecule has 2 aromatic rings. The van der Waals surface area contributed by atoms with Crippen LogP contribution in [0, 0.1) is 0 Å². The quantitative estimate of drug-likeness (QED) is 0.852. The first kappa shape index (κ1) is 13.3. The number of hydrogen-bond acceptors (Lipinski definition) is 3. The number of amides is 1. The average Bonchev–Trinajstić information content (AvgIpc) is 2.95. The van der Waals surface area contributed by atoms with Crippen molar-refractivity contribution >= 4 is 5.91 Å². The van der Waals surface area contributed by atoms with Crippen LogP contribution >= 0.6 is 0 Å². The summed E-state index contributed by atoms with van der Waals surface area (Å²) >= 11 is 0. The molecule has 0 radical (unpaired) electrons. The Morgan fingerprint density at radius 1 is 1.42 bits per heavy atom. The molecule has 0 aliphatic rings. The zero-order chi connectivity index (χ0) is 13.7. The molecule has 0 bridgehead atoms. The fraction of sp³-hybridized carbons (Fsp3) is 0.286. The van der Waals surface area contributed by atoms with Crippen LogP contribution in [0.15, 0.2) is 42.7 Å². The van der Waals surface area contributed by atoms with Crippen LogP contribution < -0.4 is 5.32 Å². The first-order valence-corrected chi connectivity index (χ1v) is 6.26. The summed E-state index contributed by atoms with van der Waals surface area (Å²) in [5, 5.41) is 16.0. The van der Waals surface area contributed by atoms with E-state index < -0.39 is 0 Å². The summed E-state index contributed by atoms with van der Waals surface area (Å²) in [4.78, 5) is 11.9. The van der Waals surface area contributed by atoms with Gasteiger partial charge in [-0.05, 0) is 18.6 Å². The van der Waals surface area contributed by atoms with Gasteiger partial charge >= 0.3 is 0 Å². The molecule has 1 aromatic carbocycles. The number of aliphatic hydroxyl groups is 1. The summed E-state index contributed by atoms with van der Waals surface area (Å²) in [5.41, 5.74) is 1.38. The molecule has 2 rings (SSSR count). The highest BCUT2D eigenvalue weighted by Crippen LogP contribution is 2.07. The van der Waals surface area contributed by atoms with Gasteiger partial charge in [-0.25, -0.2) is 4.68 Å². The second-order valence-corrected chi connectivity index (χ2v) is 4.27. The molecule has 19 heavy (non-hydrogen) atoms. The highest BCUT2D eigenvalue weighted by molar-refractivity contribution is 5.94. The fourth-order valence-corrected chi connectivity index (χ4v) is 1.71. The highest BCUT2D eigenvalue weighted by atomic mass is 16.3. The molecule has 0 unspecified atom stereocenters. The first-order chi connectivity index (χ1) is 9.24. The topological polar surface area (TPSA) is 67.2 Å². The Kier molecular flexibility index (Phi) is 4.30. The van der Waals surface area contributed by atoms with E-state index in [1.54, 1.807) is 10.9 Å². The summed E-state index contributed by atoms with van der Waals surface area (Å²) in [6.07, 6.45) is 3.89. The minimum absolute atomic E-state index is 0.0605. The van der Waals surface area contributed by atoms with E-state index >= 15 is 0 Å². The standard InChI is InChI=1S/C14H17N3O2/c1-2-12(10-18)16-14(19)11-8-15-17(9-11)13-6-4-3-5-7-13/h3-9,12,18H,2,10H2,1H3,(H,16,19)/t12-/m1/s1. The molecule has 0 saturated carbocycles. The molecule has 0 aliphatic heterocycles. The number of nitrogens with one attached hydrogen (secondary N) is 1. The normalized spacial score (nSPS) is 12.1. The number of hydrogen-bond donors (Lipinski definition) is 2. The second-order valence-electron chi connectivity index (χ2n) is 4.27. The third-order valence-corrected chi connectivity index (χ3v) is 2.91. The van der Waals surface area contributed by atoms with Gasteiger partial charge in [0, 0.05) is 6.20 Å². The van der Waals surface area contributed by atoms with Crippen LogP contribution in [0.25, 0.3) is 5.69 Å². The maximum absolute atomic E-state index is 11.9. The number of nitrogens with zero attached hydrogens (tertiary/aromatic N) is 2. The lowest BCUT2D eigenvalue weighted by Gasteiger charge is -2.12. The number of para-hydroxylation sites is 1. The monoisotopic (exact) mass is 259 g/mol. The van der Waals surface area contributed by atoms with Gasteiger partial charge in [0.15, 0.2) is 0 Å². The SMILES string of the molecule is CC[C@H](CO)NC(=O)c1cnn(-c2ccccc2)c1. The third-order valence-electron chi connectivity index (χ3n) is 2.91. The summed E-state index contributed by atoms with van der Waals surface area (Å²) in [7, 11) is 0. The van der Waals surface area contributed by atoms with Gasteiger partial charge in [0.2, 0.25) is 0 Å². The molecule has 0 aliphatic carbocycles. The van der Waals surface area contributed by atoms with E-state index in [4.69, 9.17) is 5.11 Å². The Labute approximate surface area is 111 Å². The Balaban J connectivity index is 2.11. The summed E-state index contributed by atoms with van der Waals surface area (Å²) in [6, 6.07) is 9.36. The molecule has 1 aromatic heterocycles. The van der Waals surface area contributed by atoms with Crippen LogP contribution in [-0.4, -0.2) is 33.4 Å². The number of aliphatic hydroxyl groups excluding tert-OH is 1. The molecular formula is C14H17N3O2. The molecule has 100 valence electrons. The van der Waals surface area contributed by atoms with Gasteiger partial charge in [0.1, 0.15) is 0 Å². The van der Waals surface area contributed by atoms with Gasteiger partial charge in [-0.15, -0.1) is 0 Å². The van der Waals surface area contributed by atoms with Crippen molar-refractivity contribution in [3.8, 4) is 5.69 Å². The van der Waals surface area contributed by atoms with Gasteiger partial charge < -0.3 is 10.4 Å². The number of benzene rings is 1. The van der Waals surface area contributed by atoms with E-state index in [1.807, 2.05) is 37.3 Å². The highest BCUT2D eigenvalue weighted by Gasteiger charge is 2.13. The number of carbonyl (C=O) groups is 1. The van der Waals surface area contributed by atoms with Crippen molar-refractivity contribution < 1.29 is 9.90 Å². The number of carbonyl (C=O) groups excluding carboxylic acids is 1. The maximum atomic E-state index is 11.9. The van der Waals surface area contributed by atoms with Crippen LogP contribution in [0.3, 0.4) is 0 Å². The molecule has 0 spiro atoms. The molecule has 5 nitrogen and oxygen atoms in total. The van der Waals surface area contributed by atoms with E-state index in [9.17, 15) is 4.79 Å². The Bertz CT molecular complexity index is 533. The van der Waals surface area contributed by atoms with Gasteiger partial charge in [-0.3, -0.25) is 4.79 Å². The van der Waals surface area contributed by atoms with Crippen molar-refractivity contribution in [1.29, 1.82) is 0 Å².